The highest BCUT2D eigenvalue weighted by Crippen LogP contribution is 2.27. The van der Waals surface area contributed by atoms with Crippen LogP contribution in [0.25, 0.3) is 0 Å². The number of carbonyl (C=O) groups excluding carboxylic acids is 2. The van der Waals surface area contributed by atoms with Crippen LogP contribution in [0.15, 0.2) is 48.5 Å². The van der Waals surface area contributed by atoms with Crippen molar-refractivity contribution in [2.75, 3.05) is 48.3 Å². The average Bonchev–Trinajstić information content (AvgIpc) is 2.64. The van der Waals surface area contributed by atoms with E-state index in [1.165, 1.54) is 6.92 Å². The summed E-state index contributed by atoms with van der Waals surface area (Å²) in [7, 11) is 0. The number of phenolic OH excluding ortho intramolecular Hbond substituents is 1. The number of aromatic hydroxyl groups is 1. The van der Waals surface area contributed by atoms with E-state index in [0.717, 1.165) is 31.9 Å². The molecule has 1 heterocycles. The molecule has 2 amide bonds. The molecule has 0 unspecified atom stereocenters. The van der Waals surface area contributed by atoms with E-state index in [1.54, 1.807) is 30.3 Å². The first-order valence-electron chi connectivity index (χ1n) is 8.94. The fraction of sp³-hybridized carbons (Fsp3) is 0.300. The first-order chi connectivity index (χ1) is 13.0. The normalized spacial score (nSPS) is 14.6. The van der Waals surface area contributed by atoms with E-state index in [4.69, 9.17) is 0 Å². The Labute approximate surface area is 158 Å². The Morgan fingerprint density at radius 3 is 2.11 bits per heavy atom. The molecular formula is C20H24N4O3. The maximum atomic E-state index is 12.3. The molecule has 0 spiro atoms. The number of amides is 2. The molecule has 7 nitrogen and oxygen atoms in total. The Bertz CT molecular complexity index is 799. The number of para-hydroxylation sites is 2. The Hall–Kier alpha value is -3.06. The number of nitrogens with one attached hydrogen (secondary N) is 2. The van der Waals surface area contributed by atoms with Crippen LogP contribution < -0.4 is 15.5 Å². The third kappa shape index (κ3) is 5.21. The van der Waals surface area contributed by atoms with Gasteiger partial charge in [-0.2, -0.15) is 0 Å². The maximum absolute atomic E-state index is 12.3. The Morgan fingerprint density at radius 2 is 1.52 bits per heavy atom. The van der Waals surface area contributed by atoms with Crippen LogP contribution in [0, 0.1) is 0 Å². The minimum Gasteiger partial charge on any atom is -0.506 e. The highest BCUT2D eigenvalue weighted by Gasteiger charge is 2.20. The topological polar surface area (TPSA) is 84.9 Å². The SMILES string of the molecule is CC(=O)Nc1ccc(NC(=O)CN2CCN(c3ccccc3O)CC2)cc1. The molecule has 1 aliphatic rings. The van der Waals surface area contributed by atoms with Crippen LogP contribution >= 0.6 is 0 Å². The van der Waals surface area contributed by atoms with Gasteiger partial charge in [0, 0.05) is 44.5 Å². The molecule has 1 fully saturated rings. The smallest absolute Gasteiger partial charge is 0.238 e. The minimum atomic E-state index is -0.130. The number of phenols is 1. The van der Waals surface area contributed by atoms with Crippen molar-refractivity contribution in [2.24, 2.45) is 0 Å². The lowest BCUT2D eigenvalue weighted by Gasteiger charge is -2.35. The summed E-state index contributed by atoms with van der Waals surface area (Å²) in [4.78, 5) is 27.5. The predicted molar refractivity (Wildman–Crippen MR) is 106 cm³/mol. The molecule has 3 N–H and O–H groups in total. The van der Waals surface area contributed by atoms with Gasteiger partial charge in [0.2, 0.25) is 11.8 Å². The molecule has 0 bridgehead atoms. The van der Waals surface area contributed by atoms with Crippen molar-refractivity contribution >= 4 is 28.9 Å². The zero-order valence-corrected chi connectivity index (χ0v) is 15.3. The summed E-state index contributed by atoms with van der Waals surface area (Å²) in [6.07, 6.45) is 0. The van der Waals surface area contributed by atoms with Crippen molar-refractivity contribution in [3.05, 3.63) is 48.5 Å². The van der Waals surface area contributed by atoms with Gasteiger partial charge in [-0.1, -0.05) is 12.1 Å². The molecule has 27 heavy (non-hydrogen) atoms. The fourth-order valence-corrected chi connectivity index (χ4v) is 3.12. The molecule has 0 atom stereocenters. The lowest BCUT2D eigenvalue weighted by molar-refractivity contribution is -0.117. The van der Waals surface area contributed by atoms with E-state index in [0.29, 0.717) is 17.9 Å². The van der Waals surface area contributed by atoms with Gasteiger partial charge in [-0.3, -0.25) is 14.5 Å². The highest BCUT2D eigenvalue weighted by molar-refractivity contribution is 5.93. The number of hydrogen-bond donors (Lipinski definition) is 3. The van der Waals surface area contributed by atoms with Crippen LogP contribution in [0.3, 0.4) is 0 Å². The molecule has 0 aromatic heterocycles. The van der Waals surface area contributed by atoms with E-state index in [1.807, 2.05) is 18.2 Å². The van der Waals surface area contributed by atoms with Crippen LogP contribution in [0.1, 0.15) is 6.92 Å². The summed E-state index contributed by atoms with van der Waals surface area (Å²) in [5.74, 6) is 0.0828. The third-order valence-electron chi connectivity index (χ3n) is 4.45. The van der Waals surface area contributed by atoms with E-state index >= 15 is 0 Å². The largest absolute Gasteiger partial charge is 0.506 e. The summed E-state index contributed by atoms with van der Waals surface area (Å²) in [5, 5.41) is 15.5. The monoisotopic (exact) mass is 368 g/mol. The quantitative estimate of drug-likeness (QED) is 0.753. The number of hydrogen-bond acceptors (Lipinski definition) is 5. The summed E-state index contributed by atoms with van der Waals surface area (Å²) < 4.78 is 0. The van der Waals surface area contributed by atoms with E-state index in [-0.39, 0.29) is 17.6 Å². The molecule has 0 radical (unpaired) electrons. The molecule has 7 heteroatoms. The highest BCUT2D eigenvalue weighted by atomic mass is 16.3. The molecule has 3 rings (SSSR count). The minimum absolute atomic E-state index is 0.0710. The number of rotatable bonds is 5. The van der Waals surface area contributed by atoms with Gasteiger partial charge in [0.1, 0.15) is 5.75 Å². The number of benzene rings is 2. The van der Waals surface area contributed by atoms with E-state index in [9.17, 15) is 14.7 Å². The first kappa shape index (κ1) is 18.7. The molecular weight excluding hydrogens is 344 g/mol. The summed E-state index contributed by atoms with van der Waals surface area (Å²) >= 11 is 0. The zero-order chi connectivity index (χ0) is 19.2. The van der Waals surface area contributed by atoms with Gasteiger partial charge < -0.3 is 20.6 Å². The summed E-state index contributed by atoms with van der Waals surface area (Å²) in [6.45, 7) is 4.80. The molecule has 0 aliphatic carbocycles. The van der Waals surface area contributed by atoms with Crippen molar-refractivity contribution in [3.63, 3.8) is 0 Å². The standard InChI is InChI=1S/C20H24N4O3/c1-15(25)21-16-6-8-17(9-7-16)22-20(27)14-23-10-12-24(13-11-23)18-4-2-3-5-19(18)26/h2-9,26H,10-14H2,1H3,(H,21,25)(H,22,27). The van der Waals surface area contributed by atoms with E-state index in [2.05, 4.69) is 20.4 Å². The van der Waals surface area contributed by atoms with Crippen LogP contribution in [0.2, 0.25) is 0 Å². The number of carbonyl (C=O) groups is 2. The maximum Gasteiger partial charge on any atom is 0.238 e. The number of nitrogens with zero attached hydrogens (tertiary/aromatic N) is 2. The Morgan fingerprint density at radius 1 is 0.926 bits per heavy atom. The molecule has 1 aliphatic heterocycles. The molecule has 1 saturated heterocycles. The number of piperazine rings is 1. The van der Waals surface area contributed by atoms with Crippen molar-refractivity contribution in [1.29, 1.82) is 0 Å². The lowest BCUT2D eigenvalue weighted by Crippen LogP contribution is -2.48. The van der Waals surface area contributed by atoms with Gasteiger partial charge in [-0.15, -0.1) is 0 Å². The van der Waals surface area contributed by atoms with Crippen molar-refractivity contribution in [3.8, 4) is 5.75 Å². The second-order valence-corrected chi connectivity index (χ2v) is 6.56. The van der Waals surface area contributed by atoms with Gasteiger partial charge in [0.05, 0.1) is 12.2 Å². The van der Waals surface area contributed by atoms with Gasteiger partial charge >= 0.3 is 0 Å². The van der Waals surface area contributed by atoms with Crippen molar-refractivity contribution in [2.45, 2.75) is 6.92 Å². The third-order valence-corrected chi connectivity index (χ3v) is 4.45. The second kappa shape index (κ2) is 8.55. The van der Waals surface area contributed by atoms with Crippen LogP contribution in [-0.2, 0) is 9.59 Å². The fourth-order valence-electron chi connectivity index (χ4n) is 3.12. The molecule has 142 valence electrons. The number of anilines is 3. The molecule has 2 aromatic rings. The second-order valence-electron chi connectivity index (χ2n) is 6.56. The van der Waals surface area contributed by atoms with Crippen molar-refractivity contribution < 1.29 is 14.7 Å². The van der Waals surface area contributed by atoms with Gasteiger partial charge in [0.25, 0.3) is 0 Å². The summed E-state index contributed by atoms with van der Waals surface area (Å²) in [5.41, 5.74) is 2.23. The van der Waals surface area contributed by atoms with Crippen LogP contribution in [-0.4, -0.2) is 54.5 Å². The lowest BCUT2D eigenvalue weighted by atomic mass is 10.2. The van der Waals surface area contributed by atoms with Gasteiger partial charge in [0.15, 0.2) is 0 Å². The van der Waals surface area contributed by atoms with Crippen LogP contribution in [0.5, 0.6) is 5.75 Å². The Balaban J connectivity index is 1.47. The van der Waals surface area contributed by atoms with E-state index < -0.39 is 0 Å². The average molecular weight is 368 g/mol. The summed E-state index contributed by atoms with van der Waals surface area (Å²) in [6, 6.07) is 14.3. The van der Waals surface area contributed by atoms with Crippen molar-refractivity contribution in [1.82, 2.24) is 4.90 Å². The van der Waals surface area contributed by atoms with Crippen LogP contribution in [0.4, 0.5) is 17.1 Å². The molecule has 2 aromatic carbocycles. The Kier molecular flexibility index (Phi) is 5.93. The van der Waals surface area contributed by atoms with Gasteiger partial charge in [-0.25, -0.2) is 0 Å². The predicted octanol–water partition coefficient (Wildman–Crippen LogP) is 2.11. The first-order valence-corrected chi connectivity index (χ1v) is 8.94. The molecule has 0 saturated carbocycles. The van der Waals surface area contributed by atoms with Gasteiger partial charge in [-0.05, 0) is 36.4 Å². The zero-order valence-electron chi connectivity index (χ0n) is 15.3.